The van der Waals surface area contributed by atoms with Crippen molar-refractivity contribution < 1.29 is 4.79 Å². The quantitative estimate of drug-likeness (QED) is 0.702. The van der Waals surface area contributed by atoms with Gasteiger partial charge in [-0.2, -0.15) is 0 Å². The maximum absolute atomic E-state index is 10.7. The molecule has 0 aromatic carbocycles. The van der Waals surface area contributed by atoms with Gasteiger partial charge in [-0.05, 0) is 31.8 Å². The minimum Gasteiger partial charge on any atom is -0.356 e. The highest BCUT2D eigenvalue weighted by Gasteiger charge is 2.14. The normalized spacial score (nSPS) is 20.2. The zero-order valence-electron chi connectivity index (χ0n) is 8.68. The third-order valence-electron chi connectivity index (χ3n) is 2.47. The molecule has 0 aromatic rings. The topological polar surface area (TPSA) is 32.3 Å². The Kier molecular flexibility index (Phi) is 4.22. The number of hydrogen-bond acceptors (Lipinski definition) is 2. The summed E-state index contributed by atoms with van der Waals surface area (Å²) in [7, 11) is 0. The standard InChI is InChI=1S/C10H20N2O/c1-9(7-11-10(2)13)8-12-5-3-4-6-12/h9H,3-8H2,1-2H3,(H,11,13). The van der Waals surface area contributed by atoms with Gasteiger partial charge in [-0.1, -0.05) is 6.92 Å². The Morgan fingerprint density at radius 1 is 1.46 bits per heavy atom. The van der Waals surface area contributed by atoms with Crippen molar-refractivity contribution in [3.05, 3.63) is 0 Å². The summed E-state index contributed by atoms with van der Waals surface area (Å²) in [5.41, 5.74) is 0. The van der Waals surface area contributed by atoms with Gasteiger partial charge in [0.2, 0.25) is 5.91 Å². The lowest BCUT2D eigenvalue weighted by Gasteiger charge is -2.20. The molecule has 1 atom stereocenters. The molecule has 76 valence electrons. The first-order valence-corrected chi connectivity index (χ1v) is 5.15. The number of rotatable bonds is 4. The molecule has 3 nitrogen and oxygen atoms in total. The molecule has 0 saturated carbocycles. The summed E-state index contributed by atoms with van der Waals surface area (Å²) >= 11 is 0. The SMILES string of the molecule is CC(=O)NCC(C)CN1CCCC1. The zero-order chi connectivity index (χ0) is 9.68. The maximum Gasteiger partial charge on any atom is 0.216 e. The van der Waals surface area contributed by atoms with Gasteiger partial charge in [-0.3, -0.25) is 4.79 Å². The van der Waals surface area contributed by atoms with E-state index in [9.17, 15) is 4.79 Å². The molecular weight excluding hydrogens is 164 g/mol. The van der Waals surface area contributed by atoms with Crippen molar-refractivity contribution in [3.8, 4) is 0 Å². The van der Waals surface area contributed by atoms with Gasteiger partial charge in [0, 0.05) is 20.0 Å². The fourth-order valence-electron chi connectivity index (χ4n) is 1.79. The molecule has 1 saturated heterocycles. The van der Waals surface area contributed by atoms with Gasteiger partial charge in [0.25, 0.3) is 0 Å². The van der Waals surface area contributed by atoms with Gasteiger partial charge in [-0.25, -0.2) is 0 Å². The van der Waals surface area contributed by atoms with E-state index in [1.54, 1.807) is 6.92 Å². The van der Waals surface area contributed by atoms with Crippen molar-refractivity contribution >= 4 is 5.91 Å². The first-order chi connectivity index (χ1) is 6.18. The van der Waals surface area contributed by atoms with Crippen molar-refractivity contribution in [2.75, 3.05) is 26.2 Å². The van der Waals surface area contributed by atoms with Gasteiger partial charge in [-0.15, -0.1) is 0 Å². The fourth-order valence-corrected chi connectivity index (χ4v) is 1.79. The maximum atomic E-state index is 10.7. The average molecular weight is 184 g/mol. The predicted molar refractivity (Wildman–Crippen MR) is 53.5 cm³/mol. The molecule has 1 rings (SSSR count). The Hall–Kier alpha value is -0.570. The van der Waals surface area contributed by atoms with Crippen LogP contribution in [0.2, 0.25) is 0 Å². The van der Waals surface area contributed by atoms with Crippen LogP contribution in [0.4, 0.5) is 0 Å². The molecule has 3 heteroatoms. The zero-order valence-corrected chi connectivity index (χ0v) is 8.68. The van der Waals surface area contributed by atoms with Crippen molar-refractivity contribution in [3.63, 3.8) is 0 Å². The summed E-state index contributed by atoms with van der Waals surface area (Å²) in [6, 6.07) is 0. The number of nitrogens with one attached hydrogen (secondary N) is 1. The number of carbonyl (C=O) groups is 1. The van der Waals surface area contributed by atoms with Gasteiger partial charge < -0.3 is 10.2 Å². The van der Waals surface area contributed by atoms with Crippen LogP contribution in [0, 0.1) is 5.92 Å². The first-order valence-electron chi connectivity index (χ1n) is 5.15. The lowest BCUT2D eigenvalue weighted by molar-refractivity contribution is -0.119. The third-order valence-corrected chi connectivity index (χ3v) is 2.47. The summed E-state index contributed by atoms with van der Waals surface area (Å²) in [6.07, 6.45) is 2.68. The highest BCUT2D eigenvalue weighted by molar-refractivity contribution is 5.72. The molecule has 13 heavy (non-hydrogen) atoms. The van der Waals surface area contributed by atoms with E-state index in [-0.39, 0.29) is 5.91 Å². The molecule has 1 unspecified atom stereocenters. The van der Waals surface area contributed by atoms with Crippen LogP contribution in [0.15, 0.2) is 0 Å². The number of nitrogens with zero attached hydrogens (tertiary/aromatic N) is 1. The molecule has 0 aliphatic carbocycles. The summed E-state index contributed by atoms with van der Waals surface area (Å²) < 4.78 is 0. The Balaban J connectivity index is 2.09. The van der Waals surface area contributed by atoms with Gasteiger partial charge >= 0.3 is 0 Å². The molecule has 1 N–H and O–H groups in total. The van der Waals surface area contributed by atoms with E-state index in [0.717, 1.165) is 13.1 Å². The first kappa shape index (κ1) is 10.5. The summed E-state index contributed by atoms with van der Waals surface area (Å²) in [5, 5.41) is 2.85. The molecule has 1 aliphatic rings. The second-order valence-electron chi connectivity index (χ2n) is 4.05. The third kappa shape index (κ3) is 4.27. The van der Waals surface area contributed by atoms with Crippen molar-refractivity contribution in [2.45, 2.75) is 26.7 Å². The van der Waals surface area contributed by atoms with E-state index in [4.69, 9.17) is 0 Å². The van der Waals surface area contributed by atoms with Crippen LogP contribution in [0.25, 0.3) is 0 Å². The molecule has 0 spiro atoms. The molecule has 1 aliphatic heterocycles. The Bertz CT molecular complexity index is 164. The summed E-state index contributed by atoms with van der Waals surface area (Å²) in [5.74, 6) is 0.648. The minimum atomic E-state index is 0.0771. The van der Waals surface area contributed by atoms with Crippen LogP contribution in [-0.4, -0.2) is 37.0 Å². The van der Waals surface area contributed by atoms with E-state index >= 15 is 0 Å². The Morgan fingerprint density at radius 2 is 2.08 bits per heavy atom. The summed E-state index contributed by atoms with van der Waals surface area (Å²) in [6.45, 7) is 8.18. The van der Waals surface area contributed by atoms with Gasteiger partial charge in [0.1, 0.15) is 0 Å². The largest absolute Gasteiger partial charge is 0.356 e. The molecular formula is C10H20N2O. The van der Waals surface area contributed by atoms with Crippen LogP contribution in [0.1, 0.15) is 26.7 Å². The van der Waals surface area contributed by atoms with Crippen LogP contribution in [0.5, 0.6) is 0 Å². The number of carbonyl (C=O) groups excluding carboxylic acids is 1. The van der Waals surface area contributed by atoms with E-state index in [2.05, 4.69) is 17.1 Å². The number of likely N-dealkylation sites (tertiary alicyclic amines) is 1. The predicted octanol–water partition coefficient (Wildman–Crippen LogP) is 0.854. The summed E-state index contributed by atoms with van der Waals surface area (Å²) in [4.78, 5) is 13.1. The molecule has 0 bridgehead atoms. The molecule has 1 amide bonds. The lowest BCUT2D eigenvalue weighted by atomic mass is 10.1. The number of amides is 1. The Labute approximate surface area is 80.5 Å². The van der Waals surface area contributed by atoms with Crippen LogP contribution < -0.4 is 5.32 Å². The van der Waals surface area contributed by atoms with Crippen LogP contribution >= 0.6 is 0 Å². The van der Waals surface area contributed by atoms with Gasteiger partial charge in [0.05, 0.1) is 0 Å². The lowest BCUT2D eigenvalue weighted by Crippen LogP contribution is -2.33. The smallest absolute Gasteiger partial charge is 0.216 e. The molecule has 0 radical (unpaired) electrons. The minimum absolute atomic E-state index is 0.0771. The average Bonchev–Trinajstić information content (AvgIpc) is 2.53. The second kappa shape index (κ2) is 5.22. The second-order valence-corrected chi connectivity index (χ2v) is 4.05. The highest BCUT2D eigenvalue weighted by Crippen LogP contribution is 2.09. The van der Waals surface area contributed by atoms with E-state index in [0.29, 0.717) is 5.92 Å². The van der Waals surface area contributed by atoms with Crippen molar-refractivity contribution in [1.82, 2.24) is 10.2 Å². The Morgan fingerprint density at radius 3 is 2.62 bits per heavy atom. The highest BCUT2D eigenvalue weighted by atomic mass is 16.1. The molecule has 1 fully saturated rings. The van der Waals surface area contributed by atoms with Gasteiger partial charge in [0.15, 0.2) is 0 Å². The number of hydrogen-bond donors (Lipinski definition) is 1. The fraction of sp³-hybridized carbons (Fsp3) is 0.900. The monoisotopic (exact) mass is 184 g/mol. The molecule has 0 aromatic heterocycles. The van der Waals surface area contributed by atoms with E-state index < -0.39 is 0 Å². The van der Waals surface area contributed by atoms with Crippen LogP contribution in [-0.2, 0) is 4.79 Å². The van der Waals surface area contributed by atoms with Crippen LogP contribution in [0.3, 0.4) is 0 Å². The van der Waals surface area contributed by atoms with E-state index in [1.807, 2.05) is 0 Å². The van der Waals surface area contributed by atoms with Crippen molar-refractivity contribution in [2.24, 2.45) is 5.92 Å². The molecule has 1 heterocycles. The van der Waals surface area contributed by atoms with E-state index in [1.165, 1.54) is 25.9 Å². The van der Waals surface area contributed by atoms with Crippen molar-refractivity contribution in [1.29, 1.82) is 0 Å².